The van der Waals surface area contributed by atoms with Crippen molar-refractivity contribution in [1.29, 1.82) is 0 Å². The minimum atomic E-state index is -0.235. The van der Waals surface area contributed by atoms with Crippen molar-refractivity contribution in [2.75, 3.05) is 26.3 Å². The van der Waals surface area contributed by atoms with Crippen LogP contribution in [-0.4, -0.2) is 54.1 Å². The van der Waals surface area contributed by atoms with E-state index in [0.717, 1.165) is 57.6 Å². The van der Waals surface area contributed by atoms with Crippen LogP contribution in [-0.2, 0) is 16.1 Å². The zero-order valence-corrected chi connectivity index (χ0v) is 14.0. The van der Waals surface area contributed by atoms with E-state index in [2.05, 4.69) is 4.90 Å². The Morgan fingerprint density at radius 3 is 2.83 bits per heavy atom. The minimum absolute atomic E-state index is 0.00848. The Morgan fingerprint density at radius 1 is 1.21 bits per heavy atom. The molecule has 0 N–H and O–H groups in total. The van der Waals surface area contributed by atoms with Crippen molar-refractivity contribution in [3.05, 3.63) is 35.6 Å². The lowest BCUT2D eigenvalue weighted by Crippen LogP contribution is -2.61. The quantitative estimate of drug-likeness (QED) is 0.852. The van der Waals surface area contributed by atoms with Gasteiger partial charge in [-0.05, 0) is 55.8 Å². The van der Waals surface area contributed by atoms with Crippen LogP contribution >= 0.6 is 0 Å². The summed E-state index contributed by atoms with van der Waals surface area (Å²) in [6, 6.07) is 7.08. The fraction of sp³-hybridized carbons (Fsp3) is 0.632. The molecule has 0 saturated carbocycles. The summed E-state index contributed by atoms with van der Waals surface area (Å²) in [6.45, 7) is 3.97. The second-order valence-electron chi connectivity index (χ2n) is 7.34. The first kappa shape index (κ1) is 16.0. The third-order valence-corrected chi connectivity index (χ3v) is 5.75. The number of carbonyl (C=O) groups is 1. The van der Waals surface area contributed by atoms with Crippen LogP contribution in [0.2, 0.25) is 0 Å². The topological polar surface area (TPSA) is 32.8 Å². The molecule has 130 valence electrons. The summed E-state index contributed by atoms with van der Waals surface area (Å²) in [6.07, 6.45) is 4.19. The van der Waals surface area contributed by atoms with Crippen LogP contribution in [0.25, 0.3) is 0 Å². The van der Waals surface area contributed by atoms with Crippen molar-refractivity contribution in [1.82, 2.24) is 9.80 Å². The number of fused-ring (bicyclic) bond motifs is 2. The Balaban J connectivity index is 1.49. The fourth-order valence-electron chi connectivity index (χ4n) is 4.53. The van der Waals surface area contributed by atoms with Crippen LogP contribution in [0.5, 0.6) is 0 Å². The van der Waals surface area contributed by atoms with Gasteiger partial charge in [-0.2, -0.15) is 0 Å². The molecule has 2 atom stereocenters. The molecule has 3 saturated heterocycles. The van der Waals surface area contributed by atoms with Gasteiger partial charge in [0.25, 0.3) is 0 Å². The van der Waals surface area contributed by atoms with Gasteiger partial charge in [0.1, 0.15) is 5.82 Å². The van der Waals surface area contributed by atoms with Crippen molar-refractivity contribution in [3.8, 4) is 0 Å². The van der Waals surface area contributed by atoms with Crippen LogP contribution in [0.3, 0.4) is 0 Å². The van der Waals surface area contributed by atoms with Crippen molar-refractivity contribution in [3.63, 3.8) is 0 Å². The fourth-order valence-corrected chi connectivity index (χ4v) is 4.53. The van der Waals surface area contributed by atoms with Gasteiger partial charge in [-0.25, -0.2) is 4.39 Å². The second-order valence-corrected chi connectivity index (χ2v) is 7.34. The molecule has 0 spiro atoms. The lowest BCUT2D eigenvalue weighted by Gasteiger charge is -2.49. The molecule has 0 aromatic heterocycles. The van der Waals surface area contributed by atoms with Crippen LogP contribution in [0, 0.1) is 11.7 Å². The highest BCUT2D eigenvalue weighted by Gasteiger charge is 2.43. The van der Waals surface area contributed by atoms with Crippen LogP contribution in [0.4, 0.5) is 4.39 Å². The third kappa shape index (κ3) is 3.20. The predicted octanol–water partition coefficient (Wildman–Crippen LogP) is 2.43. The van der Waals surface area contributed by atoms with E-state index in [1.165, 1.54) is 12.1 Å². The predicted molar refractivity (Wildman–Crippen MR) is 88.9 cm³/mol. The van der Waals surface area contributed by atoms with Gasteiger partial charge < -0.3 is 9.64 Å². The maximum Gasteiger partial charge on any atom is 0.240 e. The molecule has 1 amide bonds. The number of nitrogens with zero attached hydrogens (tertiary/aromatic N) is 2. The average molecular weight is 332 g/mol. The first-order chi connectivity index (χ1) is 11.7. The summed E-state index contributed by atoms with van der Waals surface area (Å²) < 4.78 is 18.9. The molecular formula is C19H25FN2O2. The summed E-state index contributed by atoms with van der Waals surface area (Å²) in [7, 11) is 0. The van der Waals surface area contributed by atoms with E-state index < -0.39 is 0 Å². The first-order valence-electron chi connectivity index (χ1n) is 9.07. The van der Waals surface area contributed by atoms with Gasteiger partial charge in [-0.1, -0.05) is 12.1 Å². The molecule has 5 heteroatoms. The van der Waals surface area contributed by atoms with Gasteiger partial charge in [-0.3, -0.25) is 9.69 Å². The number of ether oxygens (including phenoxy) is 1. The van der Waals surface area contributed by atoms with Gasteiger partial charge in [-0.15, -0.1) is 0 Å². The maximum absolute atomic E-state index is 13.4. The highest BCUT2D eigenvalue weighted by atomic mass is 19.1. The molecule has 3 fully saturated rings. The monoisotopic (exact) mass is 332 g/mol. The SMILES string of the molecule is O=C1[C@H]2C[C@H](CCN2C2CCOCC2)CN1Cc1cccc(F)c1. The maximum atomic E-state index is 13.4. The molecule has 0 aliphatic carbocycles. The number of hydrogen-bond acceptors (Lipinski definition) is 3. The van der Waals surface area contributed by atoms with Crippen molar-refractivity contribution >= 4 is 5.91 Å². The molecule has 1 aromatic carbocycles. The molecule has 4 rings (SSSR count). The minimum Gasteiger partial charge on any atom is -0.381 e. The second kappa shape index (κ2) is 6.81. The zero-order valence-electron chi connectivity index (χ0n) is 14.0. The Kier molecular flexibility index (Phi) is 4.55. The van der Waals surface area contributed by atoms with E-state index in [4.69, 9.17) is 4.74 Å². The number of carbonyl (C=O) groups excluding carboxylic acids is 1. The van der Waals surface area contributed by atoms with E-state index in [-0.39, 0.29) is 17.8 Å². The van der Waals surface area contributed by atoms with Crippen LogP contribution in [0.15, 0.2) is 24.3 Å². The average Bonchev–Trinajstić information content (AvgIpc) is 2.60. The molecule has 2 bridgehead atoms. The standard InChI is InChI=1S/C19H25FN2O2/c20-16-3-1-2-14(10-16)12-21-13-15-4-7-22(18(11-15)19(21)23)17-5-8-24-9-6-17/h1-3,10,15,17-18H,4-9,11-13H2/t15-,18+/m0/s1. The van der Waals surface area contributed by atoms with Gasteiger partial charge in [0, 0.05) is 32.3 Å². The number of rotatable bonds is 3. The van der Waals surface area contributed by atoms with Crippen molar-refractivity contribution in [2.24, 2.45) is 5.92 Å². The van der Waals surface area contributed by atoms with Crippen molar-refractivity contribution < 1.29 is 13.9 Å². The van der Waals surface area contributed by atoms with Gasteiger partial charge in [0.05, 0.1) is 6.04 Å². The number of amides is 1. The smallest absolute Gasteiger partial charge is 0.240 e. The van der Waals surface area contributed by atoms with Gasteiger partial charge in [0.2, 0.25) is 5.91 Å². The molecular weight excluding hydrogens is 307 g/mol. The molecule has 4 nitrogen and oxygen atoms in total. The normalized spacial score (nSPS) is 29.0. The Morgan fingerprint density at radius 2 is 2.04 bits per heavy atom. The van der Waals surface area contributed by atoms with Gasteiger partial charge >= 0.3 is 0 Å². The third-order valence-electron chi connectivity index (χ3n) is 5.75. The van der Waals surface area contributed by atoms with Gasteiger partial charge in [0.15, 0.2) is 0 Å². The molecule has 3 aliphatic rings. The molecule has 3 aliphatic heterocycles. The Labute approximate surface area is 142 Å². The van der Waals surface area contributed by atoms with Crippen LogP contribution < -0.4 is 0 Å². The van der Waals surface area contributed by atoms with Crippen LogP contribution in [0.1, 0.15) is 31.2 Å². The van der Waals surface area contributed by atoms with E-state index in [1.807, 2.05) is 11.0 Å². The first-order valence-corrected chi connectivity index (χ1v) is 9.07. The number of benzene rings is 1. The largest absolute Gasteiger partial charge is 0.381 e. The number of hydrogen-bond donors (Lipinski definition) is 0. The van der Waals surface area contributed by atoms with E-state index in [9.17, 15) is 9.18 Å². The molecule has 0 unspecified atom stereocenters. The summed E-state index contributed by atoms with van der Waals surface area (Å²) in [5.74, 6) is 0.569. The number of piperidine rings is 2. The molecule has 3 heterocycles. The van der Waals surface area contributed by atoms with E-state index >= 15 is 0 Å². The number of likely N-dealkylation sites (tertiary alicyclic amines) is 2. The van der Waals surface area contributed by atoms with E-state index in [1.54, 1.807) is 6.07 Å². The molecule has 1 aromatic rings. The summed E-state index contributed by atoms with van der Waals surface area (Å²) in [5.41, 5.74) is 0.876. The highest BCUT2D eigenvalue weighted by Crippen LogP contribution is 2.33. The Bertz CT molecular complexity index is 603. The summed E-state index contributed by atoms with van der Waals surface area (Å²) >= 11 is 0. The number of halogens is 1. The van der Waals surface area contributed by atoms with Crippen molar-refractivity contribution in [2.45, 2.75) is 44.3 Å². The zero-order chi connectivity index (χ0) is 16.5. The highest BCUT2D eigenvalue weighted by molar-refractivity contribution is 5.83. The van der Waals surface area contributed by atoms with E-state index in [0.29, 0.717) is 18.5 Å². The lowest BCUT2D eigenvalue weighted by molar-refractivity contribution is -0.149. The lowest BCUT2D eigenvalue weighted by atomic mass is 9.84. The molecule has 24 heavy (non-hydrogen) atoms. The Hall–Kier alpha value is -1.46. The summed E-state index contributed by atoms with van der Waals surface area (Å²) in [5, 5.41) is 0. The molecule has 0 radical (unpaired) electrons. The summed E-state index contributed by atoms with van der Waals surface area (Å²) in [4.78, 5) is 17.4.